The van der Waals surface area contributed by atoms with E-state index in [0.717, 1.165) is 12.1 Å². The minimum absolute atomic E-state index is 0.110. The summed E-state index contributed by atoms with van der Waals surface area (Å²) in [6.45, 7) is 2.08. The third-order valence-corrected chi connectivity index (χ3v) is 4.06. The van der Waals surface area contributed by atoms with Gasteiger partial charge in [0.1, 0.15) is 6.33 Å². The molecule has 0 unspecified atom stereocenters. The molecule has 3 rings (SSSR count). The van der Waals surface area contributed by atoms with Crippen molar-refractivity contribution in [2.24, 2.45) is 0 Å². The van der Waals surface area contributed by atoms with E-state index in [4.69, 9.17) is 0 Å². The predicted molar refractivity (Wildman–Crippen MR) is 74.2 cm³/mol. The summed E-state index contributed by atoms with van der Waals surface area (Å²) in [5.41, 5.74) is 2.28. The zero-order chi connectivity index (χ0) is 13.2. The lowest BCUT2D eigenvalue weighted by atomic mass is 10.1. The highest BCUT2D eigenvalue weighted by Gasteiger charge is 2.30. The molecular weight excluding hydrogens is 260 g/mol. The van der Waals surface area contributed by atoms with Crippen molar-refractivity contribution >= 4 is 23.4 Å². The van der Waals surface area contributed by atoms with Crippen LogP contribution in [-0.2, 0) is 11.2 Å². The molecule has 19 heavy (non-hydrogen) atoms. The summed E-state index contributed by atoms with van der Waals surface area (Å²) >= 11 is 1.38. The highest BCUT2D eigenvalue weighted by molar-refractivity contribution is 7.99. The van der Waals surface area contributed by atoms with Gasteiger partial charge in [0.15, 0.2) is 5.16 Å². The Morgan fingerprint density at radius 1 is 1.53 bits per heavy atom. The van der Waals surface area contributed by atoms with Gasteiger partial charge in [-0.3, -0.25) is 9.89 Å². The van der Waals surface area contributed by atoms with E-state index in [1.807, 2.05) is 23.1 Å². The number of nitrogens with zero attached hydrogens (tertiary/aromatic N) is 3. The number of anilines is 1. The fourth-order valence-electron chi connectivity index (χ4n) is 2.41. The van der Waals surface area contributed by atoms with Gasteiger partial charge in [0.25, 0.3) is 0 Å². The lowest BCUT2D eigenvalue weighted by molar-refractivity contribution is -0.116. The standard InChI is InChI=1S/C13H14N4OS/c1-9-6-10-4-2-3-5-11(10)17(9)12(18)7-19-13-14-8-15-16-13/h2-5,8-9H,6-7H2,1H3,(H,14,15,16)/t9-/m0/s1. The maximum atomic E-state index is 12.4. The number of fused-ring (bicyclic) bond motifs is 1. The molecule has 0 saturated heterocycles. The number of rotatable bonds is 3. The van der Waals surface area contributed by atoms with Crippen molar-refractivity contribution in [3.63, 3.8) is 0 Å². The molecule has 2 heterocycles. The second-order valence-electron chi connectivity index (χ2n) is 4.52. The number of thioether (sulfide) groups is 1. The molecule has 0 fully saturated rings. The molecule has 1 aliphatic rings. The van der Waals surface area contributed by atoms with E-state index in [1.54, 1.807) is 0 Å². The number of amides is 1. The first-order valence-electron chi connectivity index (χ1n) is 6.14. The van der Waals surface area contributed by atoms with Gasteiger partial charge in [-0.15, -0.1) is 0 Å². The van der Waals surface area contributed by atoms with Crippen LogP contribution in [0, 0.1) is 0 Å². The Bertz CT molecular complexity index is 584. The molecule has 1 aromatic heterocycles. The summed E-state index contributed by atoms with van der Waals surface area (Å²) in [6, 6.07) is 8.31. The Morgan fingerprint density at radius 2 is 2.37 bits per heavy atom. The highest BCUT2D eigenvalue weighted by Crippen LogP contribution is 2.32. The molecule has 5 nitrogen and oxygen atoms in total. The summed E-state index contributed by atoms with van der Waals surface area (Å²) in [5, 5.41) is 7.19. The van der Waals surface area contributed by atoms with Crippen LogP contribution in [0.5, 0.6) is 0 Å². The van der Waals surface area contributed by atoms with Crippen molar-refractivity contribution in [1.29, 1.82) is 0 Å². The lowest BCUT2D eigenvalue weighted by Gasteiger charge is -2.22. The van der Waals surface area contributed by atoms with Crippen molar-refractivity contribution in [1.82, 2.24) is 15.2 Å². The quantitative estimate of drug-likeness (QED) is 0.868. The van der Waals surface area contributed by atoms with Crippen LogP contribution in [0.2, 0.25) is 0 Å². The molecular formula is C13H14N4OS. The summed E-state index contributed by atoms with van der Waals surface area (Å²) in [7, 11) is 0. The van der Waals surface area contributed by atoms with Crippen LogP contribution in [0.25, 0.3) is 0 Å². The SMILES string of the molecule is C[C@H]1Cc2ccccc2N1C(=O)CSc1ncn[nH]1. The smallest absolute Gasteiger partial charge is 0.237 e. The van der Waals surface area contributed by atoms with Gasteiger partial charge < -0.3 is 4.90 Å². The van der Waals surface area contributed by atoms with Crippen molar-refractivity contribution < 1.29 is 4.79 Å². The number of para-hydroxylation sites is 1. The largest absolute Gasteiger partial charge is 0.308 e. The van der Waals surface area contributed by atoms with E-state index in [2.05, 4.69) is 28.2 Å². The first-order valence-corrected chi connectivity index (χ1v) is 7.12. The predicted octanol–water partition coefficient (Wildman–Crippen LogP) is 1.87. The van der Waals surface area contributed by atoms with E-state index >= 15 is 0 Å². The highest BCUT2D eigenvalue weighted by atomic mass is 32.2. The number of aromatic amines is 1. The van der Waals surface area contributed by atoms with Gasteiger partial charge in [-0.05, 0) is 25.0 Å². The van der Waals surface area contributed by atoms with E-state index in [0.29, 0.717) is 10.9 Å². The summed E-state index contributed by atoms with van der Waals surface area (Å²) in [6.07, 6.45) is 2.37. The second-order valence-corrected chi connectivity index (χ2v) is 5.49. The molecule has 1 atom stereocenters. The van der Waals surface area contributed by atoms with Crippen molar-refractivity contribution in [3.05, 3.63) is 36.2 Å². The van der Waals surface area contributed by atoms with Crippen LogP contribution in [-0.4, -0.2) is 32.9 Å². The van der Waals surface area contributed by atoms with Gasteiger partial charge in [0.2, 0.25) is 5.91 Å². The minimum atomic E-state index is 0.110. The van der Waals surface area contributed by atoms with Crippen LogP contribution >= 0.6 is 11.8 Å². The monoisotopic (exact) mass is 274 g/mol. The Morgan fingerprint density at radius 3 is 3.16 bits per heavy atom. The van der Waals surface area contributed by atoms with Crippen molar-refractivity contribution in [2.75, 3.05) is 10.7 Å². The molecule has 1 amide bonds. The average molecular weight is 274 g/mol. The minimum Gasteiger partial charge on any atom is -0.308 e. The Kier molecular flexibility index (Phi) is 3.25. The van der Waals surface area contributed by atoms with Gasteiger partial charge >= 0.3 is 0 Å². The second kappa shape index (κ2) is 5.05. The molecule has 0 spiro atoms. The fraction of sp³-hybridized carbons (Fsp3) is 0.308. The Hall–Kier alpha value is -1.82. The summed E-state index contributed by atoms with van der Waals surface area (Å²) in [4.78, 5) is 18.2. The fourth-order valence-corrected chi connectivity index (χ4v) is 3.05. The number of aromatic nitrogens is 3. The molecule has 0 radical (unpaired) electrons. The number of H-pyrrole nitrogens is 1. The van der Waals surface area contributed by atoms with Crippen LogP contribution in [0.15, 0.2) is 35.7 Å². The van der Waals surface area contributed by atoms with Gasteiger partial charge in [0, 0.05) is 11.7 Å². The van der Waals surface area contributed by atoms with Crippen LogP contribution in [0.1, 0.15) is 12.5 Å². The number of carbonyl (C=O) groups excluding carboxylic acids is 1. The van der Waals surface area contributed by atoms with E-state index in [9.17, 15) is 4.79 Å². The van der Waals surface area contributed by atoms with Gasteiger partial charge in [-0.25, -0.2) is 4.98 Å². The third kappa shape index (κ3) is 2.35. The molecule has 0 bridgehead atoms. The zero-order valence-corrected chi connectivity index (χ0v) is 11.4. The number of hydrogen-bond donors (Lipinski definition) is 1. The van der Waals surface area contributed by atoms with Gasteiger partial charge in [-0.1, -0.05) is 30.0 Å². The molecule has 98 valence electrons. The van der Waals surface area contributed by atoms with E-state index in [-0.39, 0.29) is 11.9 Å². The summed E-state index contributed by atoms with van der Waals surface area (Å²) < 4.78 is 0. The molecule has 2 aromatic rings. The number of carbonyl (C=O) groups is 1. The molecule has 1 N–H and O–H groups in total. The van der Waals surface area contributed by atoms with E-state index in [1.165, 1.54) is 23.7 Å². The van der Waals surface area contributed by atoms with Gasteiger partial charge in [0.05, 0.1) is 5.75 Å². The first kappa shape index (κ1) is 12.2. The lowest BCUT2D eigenvalue weighted by Crippen LogP contribution is -2.36. The van der Waals surface area contributed by atoms with Crippen LogP contribution < -0.4 is 4.90 Å². The maximum Gasteiger partial charge on any atom is 0.237 e. The number of nitrogens with one attached hydrogen (secondary N) is 1. The van der Waals surface area contributed by atoms with Crippen molar-refractivity contribution in [3.8, 4) is 0 Å². The molecule has 6 heteroatoms. The van der Waals surface area contributed by atoms with Gasteiger partial charge in [-0.2, -0.15) is 5.10 Å². The maximum absolute atomic E-state index is 12.4. The molecule has 0 saturated carbocycles. The molecule has 1 aliphatic heterocycles. The average Bonchev–Trinajstić information content (AvgIpc) is 3.02. The topological polar surface area (TPSA) is 61.9 Å². The summed E-state index contributed by atoms with van der Waals surface area (Å²) in [5.74, 6) is 0.479. The van der Waals surface area contributed by atoms with Crippen LogP contribution in [0.4, 0.5) is 5.69 Å². The third-order valence-electron chi connectivity index (χ3n) is 3.20. The molecule has 0 aliphatic carbocycles. The number of hydrogen-bond acceptors (Lipinski definition) is 4. The zero-order valence-electron chi connectivity index (χ0n) is 10.5. The van der Waals surface area contributed by atoms with Crippen molar-refractivity contribution in [2.45, 2.75) is 24.5 Å². The first-order chi connectivity index (χ1) is 9.25. The normalized spacial score (nSPS) is 17.5. The number of benzene rings is 1. The Labute approximate surface area is 115 Å². The van der Waals surface area contributed by atoms with Crippen LogP contribution in [0.3, 0.4) is 0 Å². The molecule has 1 aromatic carbocycles. The Balaban J connectivity index is 1.73. The van der Waals surface area contributed by atoms with E-state index < -0.39 is 0 Å².